The van der Waals surface area contributed by atoms with Crippen molar-refractivity contribution in [1.82, 2.24) is 20.1 Å². The molecule has 0 bridgehead atoms. The molecule has 0 aliphatic carbocycles. The van der Waals surface area contributed by atoms with Crippen LogP contribution in [-0.2, 0) is 6.42 Å². The van der Waals surface area contributed by atoms with Gasteiger partial charge >= 0.3 is 0 Å². The first-order chi connectivity index (χ1) is 6.92. The zero-order valence-electron chi connectivity index (χ0n) is 8.74. The van der Waals surface area contributed by atoms with Crippen LogP contribution in [0.3, 0.4) is 0 Å². The Hall–Kier alpha value is -0.900. The van der Waals surface area contributed by atoms with E-state index in [1.165, 1.54) is 19.3 Å². The number of unbranched alkanes of at least 4 members (excludes halogenated alkanes) is 1. The largest absolute Gasteiger partial charge is 0.315 e. The van der Waals surface area contributed by atoms with Crippen molar-refractivity contribution in [3.63, 3.8) is 0 Å². The predicted octanol–water partition coefficient (Wildman–Crippen LogP) is 1.16. The van der Waals surface area contributed by atoms with Crippen LogP contribution in [0.15, 0.2) is 6.33 Å². The second-order valence-corrected chi connectivity index (χ2v) is 3.90. The van der Waals surface area contributed by atoms with Crippen LogP contribution in [0.2, 0.25) is 0 Å². The fraction of sp³-hybridized carbons (Fsp3) is 0.800. The Labute approximate surface area is 84.7 Å². The molecule has 0 aromatic carbocycles. The molecule has 2 heterocycles. The predicted molar refractivity (Wildman–Crippen MR) is 55.2 cm³/mol. The summed E-state index contributed by atoms with van der Waals surface area (Å²) in [6.45, 7) is 4.39. The van der Waals surface area contributed by atoms with Crippen LogP contribution in [-0.4, -0.2) is 27.9 Å². The Morgan fingerprint density at radius 1 is 1.64 bits per heavy atom. The third kappa shape index (κ3) is 1.95. The van der Waals surface area contributed by atoms with E-state index in [0.717, 1.165) is 25.3 Å². The van der Waals surface area contributed by atoms with E-state index in [-0.39, 0.29) is 0 Å². The van der Waals surface area contributed by atoms with E-state index in [9.17, 15) is 0 Å². The number of rotatable bonds is 4. The average Bonchev–Trinajstić information content (AvgIpc) is 2.84. The van der Waals surface area contributed by atoms with Crippen molar-refractivity contribution in [2.75, 3.05) is 13.1 Å². The van der Waals surface area contributed by atoms with E-state index in [2.05, 4.69) is 27.0 Å². The number of aryl methyl sites for hydroxylation is 1. The van der Waals surface area contributed by atoms with Gasteiger partial charge in [-0.25, -0.2) is 0 Å². The third-order valence-electron chi connectivity index (χ3n) is 2.83. The fourth-order valence-corrected chi connectivity index (χ4v) is 1.96. The highest BCUT2D eigenvalue weighted by atomic mass is 15.3. The van der Waals surface area contributed by atoms with Crippen LogP contribution >= 0.6 is 0 Å². The second-order valence-electron chi connectivity index (χ2n) is 3.90. The Morgan fingerprint density at radius 2 is 2.57 bits per heavy atom. The molecule has 0 radical (unpaired) electrons. The lowest BCUT2D eigenvalue weighted by Gasteiger charge is -2.12. The first-order valence-corrected chi connectivity index (χ1v) is 5.51. The van der Waals surface area contributed by atoms with Crippen molar-refractivity contribution in [2.24, 2.45) is 0 Å². The molecule has 1 aromatic heterocycles. The number of nitrogens with one attached hydrogen (secondary N) is 1. The molecule has 0 spiro atoms. The van der Waals surface area contributed by atoms with Gasteiger partial charge in [-0.2, -0.15) is 0 Å². The molecule has 78 valence electrons. The molecular formula is C10H18N4. The lowest BCUT2D eigenvalue weighted by atomic mass is 10.2. The van der Waals surface area contributed by atoms with E-state index in [1.807, 2.05) is 6.33 Å². The number of aromatic nitrogens is 3. The molecule has 1 atom stereocenters. The van der Waals surface area contributed by atoms with Crippen molar-refractivity contribution in [2.45, 2.75) is 38.6 Å². The molecule has 1 aliphatic rings. The summed E-state index contributed by atoms with van der Waals surface area (Å²) >= 11 is 0. The summed E-state index contributed by atoms with van der Waals surface area (Å²) < 4.78 is 2.25. The highest BCUT2D eigenvalue weighted by Crippen LogP contribution is 2.16. The van der Waals surface area contributed by atoms with Crippen LogP contribution in [0.5, 0.6) is 0 Å². The smallest absolute Gasteiger partial charge is 0.133 e. The molecule has 1 aliphatic heterocycles. The van der Waals surface area contributed by atoms with Crippen LogP contribution in [0.1, 0.15) is 38.1 Å². The molecule has 1 aromatic rings. The highest BCUT2D eigenvalue weighted by Gasteiger charge is 2.18. The maximum Gasteiger partial charge on any atom is 0.133 e. The van der Waals surface area contributed by atoms with Gasteiger partial charge in [0.1, 0.15) is 12.2 Å². The van der Waals surface area contributed by atoms with Gasteiger partial charge in [0.2, 0.25) is 0 Å². The zero-order chi connectivity index (χ0) is 9.80. The van der Waals surface area contributed by atoms with Gasteiger partial charge in [-0.1, -0.05) is 13.3 Å². The summed E-state index contributed by atoms with van der Waals surface area (Å²) in [6, 6.07) is 0.580. The van der Waals surface area contributed by atoms with Crippen LogP contribution < -0.4 is 5.32 Å². The fourth-order valence-electron chi connectivity index (χ4n) is 1.96. The number of hydrogen-bond donors (Lipinski definition) is 1. The second kappa shape index (κ2) is 4.55. The Bertz CT molecular complexity index is 275. The van der Waals surface area contributed by atoms with Gasteiger partial charge in [-0.05, 0) is 19.4 Å². The number of hydrogen-bond acceptors (Lipinski definition) is 3. The average molecular weight is 194 g/mol. The molecule has 4 nitrogen and oxygen atoms in total. The first kappa shape index (κ1) is 9.65. The van der Waals surface area contributed by atoms with Gasteiger partial charge in [0.25, 0.3) is 0 Å². The minimum Gasteiger partial charge on any atom is -0.315 e. The van der Waals surface area contributed by atoms with Gasteiger partial charge in [-0.3, -0.25) is 0 Å². The molecule has 2 rings (SSSR count). The minimum absolute atomic E-state index is 0.580. The molecule has 4 heteroatoms. The van der Waals surface area contributed by atoms with Crippen LogP contribution in [0.25, 0.3) is 0 Å². The van der Waals surface area contributed by atoms with Gasteiger partial charge in [-0.15, -0.1) is 10.2 Å². The molecule has 1 saturated heterocycles. The summed E-state index contributed by atoms with van der Waals surface area (Å²) in [5.74, 6) is 1.15. The lowest BCUT2D eigenvalue weighted by molar-refractivity contribution is 0.516. The monoisotopic (exact) mass is 194 g/mol. The Balaban J connectivity index is 2.04. The van der Waals surface area contributed by atoms with Crippen molar-refractivity contribution in [1.29, 1.82) is 0 Å². The standard InChI is InChI=1S/C10H18N4/c1-2-3-4-10-13-12-8-14(10)9-5-6-11-7-9/h8-9,11H,2-7H2,1H3. The van der Waals surface area contributed by atoms with E-state index in [4.69, 9.17) is 0 Å². The first-order valence-electron chi connectivity index (χ1n) is 5.51. The zero-order valence-corrected chi connectivity index (χ0v) is 8.74. The van der Waals surface area contributed by atoms with Gasteiger partial charge < -0.3 is 9.88 Å². The maximum atomic E-state index is 4.18. The summed E-state index contributed by atoms with van der Waals surface area (Å²) in [5.41, 5.74) is 0. The van der Waals surface area contributed by atoms with E-state index >= 15 is 0 Å². The topological polar surface area (TPSA) is 42.7 Å². The summed E-state index contributed by atoms with van der Waals surface area (Å²) in [4.78, 5) is 0. The molecular weight excluding hydrogens is 176 g/mol. The van der Waals surface area contributed by atoms with Gasteiger partial charge in [0.15, 0.2) is 0 Å². The lowest BCUT2D eigenvalue weighted by Crippen LogP contribution is -2.15. The Morgan fingerprint density at radius 3 is 3.29 bits per heavy atom. The third-order valence-corrected chi connectivity index (χ3v) is 2.83. The van der Waals surface area contributed by atoms with Crippen LogP contribution in [0, 0.1) is 0 Å². The van der Waals surface area contributed by atoms with Gasteiger partial charge in [0, 0.05) is 19.0 Å². The molecule has 0 amide bonds. The number of nitrogens with zero attached hydrogens (tertiary/aromatic N) is 3. The Kier molecular flexibility index (Phi) is 3.14. The van der Waals surface area contributed by atoms with Crippen molar-refractivity contribution >= 4 is 0 Å². The van der Waals surface area contributed by atoms with Crippen molar-refractivity contribution in [3.05, 3.63) is 12.2 Å². The summed E-state index contributed by atoms with van der Waals surface area (Å²) in [5, 5.41) is 11.6. The van der Waals surface area contributed by atoms with Crippen molar-refractivity contribution < 1.29 is 0 Å². The van der Waals surface area contributed by atoms with E-state index in [0.29, 0.717) is 6.04 Å². The SMILES string of the molecule is CCCCc1nncn1C1CCNC1. The van der Waals surface area contributed by atoms with E-state index < -0.39 is 0 Å². The van der Waals surface area contributed by atoms with Crippen molar-refractivity contribution in [3.8, 4) is 0 Å². The normalized spacial score (nSPS) is 21.6. The molecule has 1 N–H and O–H groups in total. The molecule has 1 unspecified atom stereocenters. The maximum absolute atomic E-state index is 4.18. The molecule has 0 saturated carbocycles. The molecule has 14 heavy (non-hydrogen) atoms. The minimum atomic E-state index is 0.580. The quantitative estimate of drug-likeness (QED) is 0.782. The van der Waals surface area contributed by atoms with Crippen LogP contribution in [0.4, 0.5) is 0 Å². The molecule has 1 fully saturated rings. The van der Waals surface area contributed by atoms with Gasteiger partial charge in [0.05, 0.1) is 0 Å². The van der Waals surface area contributed by atoms with E-state index in [1.54, 1.807) is 0 Å². The highest BCUT2D eigenvalue weighted by molar-refractivity contribution is 4.92. The summed E-state index contributed by atoms with van der Waals surface area (Å²) in [6.07, 6.45) is 6.57. The summed E-state index contributed by atoms with van der Waals surface area (Å²) in [7, 11) is 0.